The molecule has 0 aliphatic rings. The molecule has 1 heterocycles. The van der Waals surface area contributed by atoms with Crippen molar-refractivity contribution in [2.45, 2.75) is 12.3 Å². The summed E-state index contributed by atoms with van der Waals surface area (Å²) in [6.45, 7) is 2.02. The molecule has 0 atom stereocenters. The predicted octanol–water partition coefficient (Wildman–Crippen LogP) is 1.87. The van der Waals surface area contributed by atoms with Gasteiger partial charge < -0.3 is 5.73 Å². The predicted molar refractivity (Wildman–Crippen MR) is 46.0 cm³/mol. The Morgan fingerprint density at radius 3 is 2.80 bits per heavy atom. The average Bonchev–Trinajstić information content (AvgIpc) is 1.94. The summed E-state index contributed by atoms with van der Waals surface area (Å²) in [4.78, 5) is 4.12. The van der Waals surface area contributed by atoms with E-state index in [0.29, 0.717) is 5.82 Å². The average molecular weight is 201 g/mol. The molecule has 0 unspecified atom stereocenters. The number of nitrogens with two attached hydrogens (primary N) is 1. The number of hydrogen-bond donors (Lipinski definition) is 1. The van der Waals surface area contributed by atoms with Crippen molar-refractivity contribution >= 4 is 21.7 Å². The van der Waals surface area contributed by atoms with Gasteiger partial charge in [-0.1, -0.05) is 22.0 Å². The highest BCUT2D eigenvalue weighted by atomic mass is 79.9. The van der Waals surface area contributed by atoms with E-state index in [1.807, 2.05) is 19.1 Å². The van der Waals surface area contributed by atoms with Gasteiger partial charge >= 0.3 is 0 Å². The van der Waals surface area contributed by atoms with Gasteiger partial charge in [0.05, 0.1) is 5.69 Å². The zero-order chi connectivity index (χ0) is 7.56. The third-order valence-electron chi connectivity index (χ3n) is 1.35. The standard InChI is InChI=1S/C7H9BrN2/c1-5-2-3-7(9)10-6(5)4-8/h2-3H,4H2,1H3,(H2,9,10). The summed E-state index contributed by atoms with van der Waals surface area (Å²) in [5, 5.41) is 0.768. The Morgan fingerprint density at radius 1 is 1.60 bits per heavy atom. The topological polar surface area (TPSA) is 38.9 Å². The molecular weight excluding hydrogens is 192 g/mol. The second-order valence-electron chi connectivity index (χ2n) is 2.13. The summed E-state index contributed by atoms with van der Waals surface area (Å²) in [6, 6.07) is 3.78. The highest BCUT2D eigenvalue weighted by Crippen LogP contribution is 2.10. The van der Waals surface area contributed by atoms with Crippen LogP contribution in [0.3, 0.4) is 0 Å². The largest absolute Gasteiger partial charge is 0.384 e. The van der Waals surface area contributed by atoms with E-state index in [1.54, 1.807) is 0 Å². The number of pyridine rings is 1. The first-order valence-electron chi connectivity index (χ1n) is 3.02. The monoisotopic (exact) mass is 200 g/mol. The summed E-state index contributed by atoms with van der Waals surface area (Å²) in [7, 11) is 0. The molecule has 54 valence electrons. The van der Waals surface area contributed by atoms with Crippen molar-refractivity contribution in [1.82, 2.24) is 4.98 Å². The molecule has 0 bridgehead atoms. The molecule has 2 N–H and O–H groups in total. The zero-order valence-electron chi connectivity index (χ0n) is 5.76. The van der Waals surface area contributed by atoms with Gasteiger partial charge in [-0.25, -0.2) is 4.98 Å². The molecule has 0 saturated carbocycles. The van der Waals surface area contributed by atoms with E-state index in [2.05, 4.69) is 20.9 Å². The SMILES string of the molecule is Cc1ccc(N)nc1CBr. The fraction of sp³-hybridized carbons (Fsp3) is 0.286. The number of halogens is 1. The lowest BCUT2D eigenvalue weighted by Gasteiger charge is -2.00. The fourth-order valence-electron chi connectivity index (χ4n) is 0.723. The van der Waals surface area contributed by atoms with E-state index in [4.69, 9.17) is 5.73 Å². The highest BCUT2D eigenvalue weighted by molar-refractivity contribution is 9.08. The quantitative estimate of drug-likeness (QED) is 0.704. The normalized spacial score (nSPS) is 9.80. The Morgan fingerprint density at radius 2 is 2.30 bits per heavy atom. The van der Waals surface area contributed by atoms with Crippen LogP contribution in [-0.4, -0.2) is 4.98 Å². The minimum Gasteiger partial charge on any atom is -0.384 e. The van der Waals surface area contributed by atoms with E-state index in [-0.39, 0.29) is 0 Å². The molecule has 3 heteroatoms. The number of anilines is 1. The summed E-state index contributed by atoms with van der Waals surface area (Å²) < 4.78 is 0. The molecule has 1 aromatic rings. The molecule has 0 saturated heterocycles. The number of nitrogens with zero attached hydrogens (tertiary/aromatic N) is 1. The van der Waals surface area contributed by atoms with Crippen LogP contribution in [0, 0.1) is 6.92 Å². The van der Waals surface area contributed by atoms with Crippen molar-refractivity contribution in [2.24, 2.45) is 0 Å². The molecule has 1 aromatic heterocycles. The third kappa shape index (κ3) is 1.48. The number of aromatic nitrogens is 1. The molecule has 0 radical (unpaired) electrons. The van der Waals surface area contributed by atoms with Gasteiger partial charge in [0.1, 0.15) is 5.82 Å². The number of nitrogen functional groups attached to an aromatic ring is 1. The number of hydrogen-bond acceptors (Lipinski definition) is 2. The van der Waals surface area contributed by atoms with E-state index < -0.39 is 0 Å². The lowest BCUT2D eigenvalue weighted by atomic mass is 10.2. The molecule has 1 rings (SSSR count). The zero-order valence-corrected chi connectivity index (χ0v) is 7.35. The van der Waals surface area contributed by atoms with Gasteiger partial charge in [-0.2, -0.15) is 0 Å². The van der Waals surface area contributed by atoms with Crippen LogP contribution in [0.15, 0.2) is 12.1 Å². The summed E-state index contributed by atoms with van der Waals surface area (Å²) in [5.41, 5.74) is 7.66. The number of aryl methyl sites for hydroxylation is 1. The van der Waals surface area contributed by atoms with E-state index in [1.165, 1.54) is 5.56 Å². The van der Waals surface area contributed by atoms with Gasteiger partial charge in [-0.3, -0.25) is 0 Å². The number of alkyl halides is 1. The van der Waals surface area contributed by atoms with Crippen molar-refractivity contribution in [3.63, 3.8) is 0 Å². The molecule has 0 spiro atoms. The van der Waals surface area contributed by atoms with Gasteiger partial charge in [-0.15, -0.1) is 0 Å². The van der Waals surface area contributed by atoms with Crippen LogP contribution in [0.1, 0.15) is 11.3 Å². The Bertz CT molecular complexity index is 235. The molecule has 0 aliphatic carbocycles. The van der Waals surface area contributed by atoms with Crippen molar-refractivity contribution < 1.29 is 0 Å². The van der Waals surface area contributed by atoms with Crippen LogP contribution in [0.2, 0.25) is 0 Å². The molecule has 0 aromatic carbocycles. The maximum atomic E-state index is 5.47. The van der Waals surface area contributed by atoms with E-state index in [9.17, 15) is 0 Å². The van der Waals surface area contributed by atoms with Crippen molar-refractivity contribution in [3.05, 3.63) is 23.4 Å². The van der Waals surface area contributed by atoms with Crippen molar-refractivity contribution in [1.29, 1.82) is 0 Å². The van der Waals surface area contributed by atoms with Gasteiger partial charge in [0.15, 0.2) is 0 Å². The Balaban J connectivity index is 3.09. The van der Waals surface area contributed by atoms with Gasteiger partial charge in [0.25, 0.3) is 0 Å². The maximum absolute atomic E-state index is 5.47. The first-order valence-corrected chi connectivity index (χ1v) is 4.14. The molecule has 0 aliphatic heterocycles. The first-order chi connectivity index (χ1) is 4.74. The highest BCUT2D eigenvalue weighted by Gasteiger charge is 1.96. The minimum absolute atomic E-state index is 0.583. The Kier molecular flexibility index (Phi) is 2.27. The second-order valence-corrected chi connectivity index (χ2v) is 2.69. The first kappa shape index (κ1) is 7.54. The van der Waals surface area contributed by atoms with Gasteiger partial charge in [0.2, 0.25) is 0 Å². The smallest absolute Gasteiger partial charge is 0.123 e. The molecule has 0 amide bonds. The Labute approximate surface area is 68.6 Å². The molecule has 10 heavy (non-hydrogen) atoms. The van der Waals surface area contributed by atoms with Crippen LogP contribution in [0.5, 0.6) is 0 Å². The van der Waals surface area contributed by atoms with Crippen LogP contribution in [0.25, 0.3) is 0 Å². The molecular formula is C7H9BrN2. The van der Waals surface area contributed by atoms with Gasteiger partial charge in [-0.05, 0) is 18.6 Å². The maximum Gasteiger partial charge on any atom is 0.123 e. The van der Waals surface area contributed by atoms with Crippen LogP contribution in [-0.2, 0) is 5.33 Å². The number of rotatable bonds is 1. The van der Waals surface area contributed by atoms with Crippen LogP contribution in [0.4, 0.5) is 5.82 Å². The molecule has 0 fully saturated rings. The summed E-state index contributed by atoms with van der Waals surface area (Å²) >= 11 is 3.32. The third-order valence-corrected chi connectivity index (χ3v) is 1.88. The summed E-state index contributed by atoms with van der Waals surface area (Å²) in [5.74, 6) is 0.583. The second kappa shape index (κ2) is 3.01. The lowest BCUT2D eigenvalue weighted by Crippen LogP contribution is -1.95. The van der Waals surface area contributed by atoms with E-state index >= 15 is 0 Å². The van der Waals surface area contributed by atoms with Gasteiger partial charge in [0, 0.05) is 5.33 Å². The Hall–Kier alpha value is -0.570. The fourth-order valence-corrected chi connectivity index (χ4v) is 1.29. The van der Waals surface area contributed by atoms with Crippen LogP contribution < -0.4 is 5.73 Å². The summed E-state index contributed by atoms with van der Waals surface area (Å²) in [6.07, 6.45) is 0. The van der Waals surface area contributed by atoms with E-state index in [0.717, 1.165) is 11.0 Å². The minimum atomic E-state index is 0.583. The van der Waals surface area contributed by atoms with Crippen LogP contribution >= 0.6 is 15.9 Å². The van der Waals surface area contributed by atoms with Crippen molar-refractivity contribution in [2.75, 3.05) is 5.73 Å². The molecule has 2 nitrogen and oxygen atoms in total. The lowest BCUT2D eigenvalue weighted by molar-refractivity contribution is 1.15. The van der Waals surface area contributed by atoms with Crippen molar-refractivity contribution in [3.8, 4) is 0 Å².